The van der Waals surface area contributed by atoms with Crippen LogP contribution in [0.5, 0.6) is 0 Å². The third-order valence-corrected chi connectivity index (χ3v) is 2.76. The molecule has 0 saturated heterocycles. The Kier molecular flexibility index (Phi) is 2.09. The number of rotatable bonds is 1. The Morgan fingerprint density at radius 3 is 2.23 bits per heavy atom. The second kappa shape index (κ2) is 3.25. The van der Waals surface area contributed by atoms with Gasteiger partial charge in [0.2, 0.25) is 0 Å². The molecule has 0 aliphatic carbocycles. The van der Waals surface area contributed by atoms with Crippen LogP contribution in [-0.4, -0.2) is 4.90 Å². The Labute approximate surface area is 79.7 Å². The zero-order valence-corrected chi connectivity index (χ0v) is 8.25. The standard InChI is InChI=1S/C12H15N/c1-3-10(2)13-8-11-6-4-5-7-12(11)9-13/h3-7H,8-9H2,1-2H3/b10-3-. The molecule has 0 aromatic heterocycles. The number of benzene rings is 1. The number of fused-ring (bicyclic) bond motifs is 1. The number of nitrogens with zero attached hydrogens (tertiary/aromatic N) is 1. The van der Waals surface area contributed by atoms with E-state index in [0.717, 1.165) is 13.1 Å². The monoisotopic (exact) mass is 173 g/mol. The van der Waals surface area contributed by atoms with Crippen LogP contribution in [0, 0.1) is 0 Å². The molecule has 1 aliphatic heterocycles. The summed E-state index contributed by atoms with van der Waals surface area (Å²) in [5.41, 5.74) is 4.32. The average Bonchev–Trinajstić information content (AvgIpc) is 2.59. The van der Waals surface area contributed by atoms with E-state index in [9.17, 15) is 0 Å². The van der Waals surface area contributed by atoms with E-state index in [0.29, 0.717) is 0 Å². The van der Waals surface area contributed by atoms with Crippen LogP contribution < -0.4 is 0 Å². The zero-order chi connectivity index (χ0) is 9.26. The third-order valence-electron chi connectivity index (χ3n) is 2.76. The van der Waals surface area contributed by atoms with Gasteiger partial charge in [0.05, 0.1) is 0 Å². The molecule has 0 fully saturated rings. The fourth-order valence-corrected chi connectivity index (χ4v) is 1.77. The molecule has 0 unspecified atom stereocenters. The highest BCUT2D eigenvalue weighted by atomic mass is 15.1. The Morgan fingerprint density at radius 1 is 1.23 bits per heavy atom. The first kappa shape index (κ1) is 8.36. The van der Waals surface area contributed by atoms with E-state index in [1.165, 1.54) is 16.8 Å². The van der Waals surface area contributed by atoms with Gasteiger partial charge in [-0.2, -0.15) is 0 Å². The van der Waals surface area contributed by atoms with Gasteiger partial charge < -0.3 is 4.90 Å². The van der Waals surface area contributed by atoms with Crippen molar-refractivity contribution >= 4 is 0 Å². The van der Waals surface area contributed by atoms with Gasteiger partial charge in [0.15, 0.2) is 0 Å². The van der Waals surface area contributed by atoms with E-state index in [-0.39, 0.29) is 0 Å². The van der Waals surface area contributed by atoms with Crippen molar-refractivity contribution in [2.45, 2.75) is 26.9 Å². The normalized spacial score (nSPS) is 16.2. The topological polar surface area (TPSA) is 3.24 Å². The molecule has 1 nitrogen and oxygen atoms in total. The smallest absolute Gasteiger partial charge is 0.0433 e. The van der Waals surface area contributed by atoms with Crippen molar-refractivity contribution in [3.8, 4) is 0 Å². The number of hydrogen-bond acceptors (Lipinski definition) is 1. The van der Waals surface area contributed by atoms with E-state index in [4.69, 9.17) is 0 Å². The van der Waals surface area contributed by atoms with Crippen molar-refractivity contribution in [3.63, 3.8) is 0 Å². The molecule has 0 radical (unpaired) electrons. The minimum Gasteiger partial charge on any atom is -0.367 e. The van der Waals surface area contributed by atoms with Crippen LogP contribution in [0.4, 0.5) is 0 Å². The van der Waals surface area contributed by atoms with Crippen molar-refractivity contribution in [2.24, 2.45) is 0 Å². The third kappa shape index (κ3) is 1.46. The van der Waals surface area contributed by atoms with Crippen LogP contribution in [-0.2, 0) is 13.1 Å². The van der Waals surface area contributed by atoms with E-state index < -0.39 is 0 Å². The summed E-state index contributed by atoms with van der Waals surface area (Å²) in [5.74, 6) is 0. The first-order valence-electron chi connectivity index (χ1n) is 4.76. The fourth-order valence-electron chi connectivity index (χ4n) is 1.77. The van der Waals surface area contributed by atoms with E-state index in [2.05, 4.69) is 49.1 Å². The quantitative estimate of drug-likeness (QED) is 0.631. The summed E-state index contributed by atoms with van der Waals surface area (Å²) in [7, 11) is 0. The Hall–Kier alpha value is -1.24. The first-order valence-corrected chi connectivity index (χ1v) is 4.76. The van der Waals surface area contributed by atoms with Gasteiger partial charge in [-0.25, -0.2) is 0 Å². The summed E-state index contributed by atoms with van der Waals surface area (Å²) in [6.45, 7) is 6.42. The minimum absolute atomic E-state index is 1.08. The molecular weight excluding hydrogens is 158 g/mol. The maximum atomic E-state index is 2.41. The summed E-state index contributed by atoms with van der Waals surface area (Å²) in [6, 6.07) is 8.68. The summed E-state index contributed by atoms with van der Waals surface area (Å²) in [4.78, 5) is 2.41. The molecule has 0 atom stereocenters. The molecule has 1 heterocycles. The highest BCUT2D eigenvalue weighted by Gasteiger charge is 2.17. The van der Waals surface area contributed by atoms with Crippen LogP contribution >= 0.6 is 0 Å². The molecule has 1 aromatic carbocycles. The van der Waals surface area contributed by atoms with Crippen molar-refractivity contribution < 1.29 is 0 Å². The van der Waals surface area contributed by atoms with Gasteiger partial charge in [0.25, 0.3) is 0 Å². The first-order chi connectivity index (χ1) is 6.31. The van der Waals surface area contributed by atoms with E-state index in [1.54, 1.807) is 0 Å². The summed E-state index contributed by atoms with van der Waals surface area (Å²) < 4.78 is 0. The second-order valence-corrected chi connectivity index (χ2v) is 3.55. The van der Waals surface area contributed by atoms with Crippen LogP contribution in [0.3, 0.4) is 0 Å². The molecule has 0 spiro atoms. The maximum absolute atomic E-state index is 2.41. The predicted octanol–water partition coefficient (Wildman–Crippen LogP) is 2.93. The zero-order valence-electron chi connectivity index (χ0n) is 8.25. The maximum Gasteiger partial charge on any atom is 0.0433 e. The van der Waals surface area contributed by atoms with Gasteiger partial charge >= 0.3 is 0 Å². The molecule has 1 aromatic rings. The van der Waals surface area contributed by atoms with Gasteiger partial charge in [-0.3, -0.25) is 0 Å². The molecule has 0 N–H and O–H groups in total. The predicted molar refractivity (Wildman–Crippen MR) is 55.1 cm³/mol. The molecule has 2 rings (SSSR count). The van der Waals surface area contributed by atoms with Crippen LogP contribution in [0.2, 0.25) is 0 Å². The summed E-state index contributed by atoms with van der Waals surface area (Å²) in [5, 5.41) is 0. The molecule has 68 valence electrons. The van der Waals surface area contributed by atoms with Crippen LogP contribution in [0.15, 0.2) is 36.0 Å². The van der Waals surface area contributed by atoms with Gasteiger partial charge in [0, 0.05) is 18.8 Å². The van der Waals surface area contributed by atoms with Crippen LogP contribution in [0.1, 0.15) is 25.0 Å². The average molecular weight is 173 g/mol. The molecule has 1 aliphatic rings. The van der Waals surface area contributed by atoms with Crippen molar-refractivity contribution in [2.75, 3.05) is 0 Å². The van der Waals surface area contributed by atoms with Gasteiger partial charge in [-0.1, -0.05) is 30.3 Å². The lowest BCUT2D eigenvalue weighted by molar-refractivity contribution is 0.363. The summed E-state index contributed by atoms with van der Waals surface area (Å²) >= 11 is 0. The van der Waals surface area contributed by atoms with E-state index >= 15 is 0 Å². The van der Waals surface area contributed by atoms with E-state index in [1.807, 2.05) is 0 Å². The van der Waals surface area contributed by atoms with Gasteiger partial charge in [0.1, 0.15) is 0 Å². The van der Waals surface area contributed by atoms with Crippen LogP contribution in [0.25, 0.3) is 0 Å². The molecule has 1 heteroatoms. The molecule has 0 saturated carbocycles. The number of allylic oxidation sites excluding steroid dienone is 2. The molecule has 0 bridgehead atoms. The highest BCUT2D eigenvalue weighted by molar-refractivity contribution is 5.31. The van der Waals surface area contributed by atoms with Gasteiger partial charge in [-0.05, 0) is 25.0 Å². The largest absolute Gasteiger partial charge is 0.367 e. The SMILES string of the molecule is C/C=C(/C)N1Cc2ccccc2C1. The minimum atomic E-state index is 1.08. The Morgan fingerprint density at radius 2 is 1.77 bits per heavy atom. The molecule has 0 amide bonds. The Balaban J connectivity index is 2.23. The highest BCUT2D eigenvalue weighted by Crippen LogP contribution is 2.25. The van der Waals surface area contributed by atoms with Gasteiger partial charge in [-0.15, -0.1) is 0 Å². The van der Waals surface area contributed by atoms with Crippen molar-refractivity contribution in [1.82, 2.24) is 4.90 Å². The lowest BCUT2D eigenvalue weighted by Gasteiger charge is -2.17. The molecule has 13 heavy (non-hydrogen) atoms. The number of hydrogen-bond donors (Lipinski definition) is 0. The Bertz CT molecular complexity index is 314. The fraction of sp³-hybridized carbons (Fsp3) is 0.333. The van der Waals surface area contributed by atoms with Crippen molar-refractivity contribution in [1.29, 1.82) is 0 Å². The van der Waals surface area contributed by atoms with Crippen molar-refractivity contribution in [3.05, 3.63) is 47.2 Å². The molecular formula is C12H15N. The lowest BCUT2D eigenvalue weighted by atomic mass is 10.1. The summed E-state index contributed by atoms with van der Waals surface area (Å²) in [6.07, 6.45) is 2.17. The second-order valence-electron chi connectivity index (χ2n) is 3.55. The lowest BCUT2D eigenvalue weighted by Crippen LogP contribution is -2.12.